The number of carbonyl (C=O) groups excluding carboxylic acids is 1. The number of hydrogen-bond acceptors (Lipinski definition) is 5. The number of nitrogens with one attached hydrogen (secondary N) is 2. The molecule has 2 aromatic carbocycles. The van der Waals surface area contributed by atoms with Crippen LogP contribution in [-0.4, -0.2) is 30.6 Å². The van der Waals surface area contributed by atoms with Crippen LogP contribution in [0.3, 0.4) is 0 Å². The molecule has 26 heavy (non-hydrogen) atoms. The van der Waals surface area contributed by atoms with Crippen molar-refractivity contribution in [2.45, 2.75) is 17.9 Å². The third-order valence-electron chi connectivity index (χ3n) is 3.90. The van der Waals surface area contributed by atoms with E-state index >= 15 is 0 Å². The van der Waals surface area contributed by atoms with Gasteiger partial charge in [0.2, 0.25) is 15.9 Å². The molecule has 0 aliphatic carbocycles. The van der Waals surface area contributed by atoms with Gasteiger partial charge in [0.15, 0.2) is 0 Å². The zero-order valence-electron chi connectivity index (χ0n) is 13.8. The van der Waals surface area contributed by atoms with Crippen molar-refractivity contribution in [1.82, 2.24) is 5.32 Å². The molecule has 3 rings (SSSR count). The van der Waals surface area contributed by atoms with Gasteiger partial charge in [0.1, 0.15) is 10.3 Å². The molecule has 0 fully saturated rings. The minimum Gasteiger partial charge on any atom is -0.506 e. The number of rotatable bonds is 5. The van der Waals surface area contributed by atoms with Crippen LogP contribution in [-0.2, 0) is 14.8 Å². The van der Waals surface area contributed by atoms with Gasteiger partial charge in [-0.3, -0.25) is 9.52 Å². The monoisotopic (exact) mass is 412 g/mol. The first-order valence-corrected chi connectivity index (χ1v) is 10.6. The van der Waals surface area contributed by atoms with Gasteiger partial charge < -0.3 is 10.4 Å². The van der Waals surface area contributed by atoms with Gasteiger partial charge in [-0.05, 0) is 12.5 Å². The van der Waals surface area contributed by atoms with Crippen LogP contribution < -0.4 is 10.0 Å². The van der Waals surface area contributed by atoms with Crippen molar-refractivity contribution in [3.8, 4) is 5.75 Å². The van der Waals surface area contributed by atoms with Gasteiger partial charge in [-0.25, -0.2) is 8.42 Å². The standard InChI is InChI=1S/C17H17ClN2O4S2/c1-10(21)19-9-11-6-7-16(25-11)26(23,24)20-15-8-14(18)17(22)13-5-3-2-4-12(13)15/h2-6,8,16,20,22H,7,9H2,1H3,(H,19,21). The Morgan fingerprint density at radius 1 is 1.35 bits per heavy atom. The van der Waals surface area contributed by atoms with Crippen LogP contribution in [0.1, 0.15) is 13.3 Å². The van der Waals surface area contributed by atoms with Crippen LogP contribution in [0.15, 0.2) is 41.3 Å². The van der Waals surface area contributed by atoms with Crippen LogP contribution in [0.25, 0.3) is 10.8 Å². The van der Waals surface area contributed by atoms with E-state index in [0.29, 0.717) is 29.4 Å². The summed E-state index contributed by atoms with van der Waals surface area (Å²) in [5.74, 6) is -0.249. The molecule has 9 heteroatoms. The van der Waals surface area contributed by atoms with Crippen LogP contribution in [0.5, 0.6) is 5.75 Å². The van der Waals surface area contributed by atoms with Crippen molar-refractivity contribution < 1.29 is 18.3 Å². The third-order valence-corrected chi connectivity index (χ3v) is 7.70. The van der Waals surface area contributed by atoms with Gasteiger partial charge in [-0.2, -0.15) is 0 Å². The minimum atomic E-state index is -3.70. The van der Waals surface area contributed by atoms with E-state index in [1.54, 1.807) is 24.3 Å². The van der Waals surface area contributed by atoms with Crippen molar-refractivity contribution in [2.75, 3.05) is 11.3 Å². The molecule has 0 radical (unpaired) electrons. The fraction of sp³-hybridized carbons (Fsp3) is 0.235. The predicted octanol–water partition coefficient (Wildman–Crippen LogP) is 3.42. The van der Waals surface area contributed by atoms with E-state index in [1.807, 2.05) is 6.08 Å². The Morgan fingerprint density at radius 3 is 2.73 bits per heavy atom. The fourth-order valence-electron chi connectivity index (χ4n) is 2.64. The maximum absolute atomic E-state index is 12.8. The number of allylic oxidation sites excluding steroid dienone is 1. The molecular formula is C17H17ClN2O4S2. The van der Waals surface area contributed by atoms with E-state index in [0.717, 1.165) is 4.91 Å². The quantitative estimate of drug-likeness (QED) is 0.654. The molecule has 1 heterocycles. The minimum absolute atomic E-state index is 0.0740. The lowest BCUT2D eigenvalue weighted by atomic mass is 10.1. The van der Waals surface area contributed by atoms with Crippen molar-refractivity contribution in [2.24, 2.45) is 0 Å². The summed E-state index contributed by atoms with van der Waals surface area (Å²) in [7, 11) is -3.70. The molecule has 2 aromatic rings. The number of benzene rings is 2. The first kappa shape index (κ1) is 18.9. The number of phenolic OH excluding ortho intramolecular Hbond substituents is 1. The van der Waals surface area contributed by atoms with Crippen molar-refractivity contribution in [3.63, 3.8) is 0 Å². The second kappa shape index (κ2) is 7.38. The molecule has 6 nitrogen and oxygen atoms in total. The maximum atomic E-state index is 12.8. The number of hydrogen-bond donors (Lipinski definition) is 3. The molecule has 138 valence electrons. The number of sulfonamides is 1. The first-order chi connectivity index (χ1) is 12.3. The molecular weight excluding hydrogens is 396 g/mol. The average Bonchev–Trinajstić information content (AvgIpc) is 3.07. The number of phenols is 1. The van der Waals surface area contributed by atoms with Gasteiger partial charge in [0, 0.05) is 29.1 Å². The second-order valence-electron chi connectivity index (χ2n) is 5.81. The van der Waals surface area contributed by atoms with Crippen LogP contribution in [0.4, 0.5) is 5.69 Å². The van der Waals surface area contributed by atoms with E-state index < -0.39 is 14.6 Å². The summed E-state index contributed by atoms with van der Waals surface area (Å²) in [6.07, 6.45) is 2.16. The second-order valence-corrected chi connectivity index (χ2v) is 9.71. The van der Waals surface area contributed by atoms with Gasteiger partial charge in [0.05, 0.1) is 10.7 Å². The number of anilines is 1. The summed E-state index contributed by atoms with van der Waals surface area (Å²) < 4.78 is 27.4. The number of halogens is 1. The third kappa shape index (κ3) is 3.92. The highest BCUT2D eigenvalue weighted by molar-refractivity contribution is 8.16. The maximum Gasteiger partial charge on any atom is 0.245 e. The van der Waals surface area contributed by atoms with Crippen molar-refractivity contribution in [1.29, 1.82) is 0 Å². The molecule has 3 N–H and O–H groups in total. The smallest absolute Gasteiger partial charge is 0.245 e. The first-order valence-electron chi connectivity index (χ1n) is 7.80. The number of amides is 1. The van der Waals surface area contributed by atoms with Crippen molar-refractivity contribution >= 4 is 55.8 Å². The lowest BCUT2D eigenvalue weighted by molar-refractivity contribution is -0.118. The zero-order valence-corrected chi connectivity index (χ0v) is 16.2. The lowest BCUT2D eigenvalue weighted by Gasteiger charge is -2.16. The number of carbonyl (C=O) groups is 1. The fourth-order valence-corrected chi connectivity index (χ4v) is 5.70. The molecule has 0 spiro atoms. The Hall–Kier alpha value is -1.90. The topological polar surface area (TPSA) is 95.5 Å². The summed E-state index contributed by atoms with van der Waals surface area (Å²) in [4.78, 5) is 11.8. The molecule has 0 bridgehead atoms. The Morgan fingerprint density at radius 2 is 2.04 bits per heavy atom. The number of thioether (sulfide) groups is 1. The van der Waals surface area contributed by atoms with E-state index in [4.69, 9.17) is 11.6 Å². The molecule has 0 saturated heterocycles. The Labute approximate surface area is 160 Å². The molecule has 0 aromatic heterocycles. The predicted molar refractivity (Wildman–Crippen MR) is 106 cm³/mol. The Bertz CT molecular complexity index is 1010. The average molecular weight is 413 g/mol. The molecule has 1 unspecified atom stereocenters. The highest BCUT2D eigenvalue weighted by atomic mass is 35.5. The summed E-state index contributed by atoms with van der Waals surface area (Å²) in [5.41, 5.74) is 0.319. The molecule has 1 aliphatic heterocycles. The summed E-state index contributed by atoms with van der Waals surface area (Å²) in [6.45, 7) is 1.73. The number of aromatic hydroxyl groups is 1. The van der Waals surface area contributed by atoms with Crippen molar-refractivity contribution in [3.05, 3.63) is 46.3 Å². The van der Waals surface area contributed by atoms with Gasteiger partial charge >= 0.3 is 0 Å². The normalized spacial score (nSPS) is 17.2. The molecule has 0 saturated carbocycles. The van der Waals surface area contributed by atoms with Crippen LogP contribution in [0.2, 0.25) is 5.02 Å². The highest BCUT2D eigenvalue weighted by Gasteiger charge is 2.31. The van der Waals surface area contributed by atoms with E-state index in [9.17, 15) is 18.3 Å². The summed E-state index contributed by atoms with van der Waals surface area (Å²) in [6, 6.07) is 8.28. The van der Waals surface area contributed by atoms with Crippen LogP contribution in [0, 0.1) is 0 Å². The number of fused-ring (bicyclic) bond motifs is 1. The Kier molecular flexibility index (Phi) is 5.36. The largest absolute Gasteiger partial charge is 0.506 e. The van der Waals surface area contributed by atoms with Crippen LogP contribution >= 0.6 is 23.4 Å². The van der Waals surface area contributed by atoms with E-state index in [2.05, 4.69) is 10.0 Å². The van der Waals surface area contributed by atoms with E-state index in [-0.39, 0.29) is 16.7 Å². The summed E-state index contributed by atoms with van der Waals surface area (Å²) in [5, 5.41) is 13.8. The summed E-state index contributed by atoms with van der Waals surface area (Å²) >= 11 is 7.24. The van der Waals surface area contributed by atoms with Gasteiger partial charge in [-0.15, -0.1) is 11.8 Å². The Balaban J connectivity index is 1.82. The van der Waals surface area contributed by atoms with E-state index in [1.165, 1.54) is 24.8 Å². The van der Waals surface area contributed by atoms with Gasteiger partial charge in [-0.1, -0.05) is 41.9 Å². The highest BCUT2D eigenvalue weighted by Crippen LogP contribution is 2.40. The zero-order chi connectivity index (χ0) is 18.9. The van der Waals surface area contributed by atoms with Gasteiger partial charge in [0.25, 0.3) is 0 Å². The lowest BCUT2D eigenvalue weighted by Crippen LogP contribution is -2.24. The molecule has 1 aliphatic rings. The SMILES string of the molecule is CC(=O)NCC1=CCC(S(=O)(=O)Nc2cc(Cl)c(O)c3ccccc23)S1. The molecule has 1 amide bonds. The molecule has 1 atom stereocenters.